The first-order chi connectivity index (χ1) is 16.1. The Hall–Kier alpha value is -1.46. The van der Waals surface area contributed by atoms with E-state index in [1.54, 1.807) is 0 Å². The number of nitrogens with one attached hydrogen (secondary N) is 2. The van der Waals surface area contributed by atoms with E-state index in [-0.39, 0.29) is 29.1 Å². The van der Waals surface area contributed by atoms with Gasteiger partial charge < -0.3 is 20.1 Å². The minimum absolute atomic E-state index is 0.0355. The van der Waals surface area contributed by atoms with Crippen molar-refractivity contribution in [2.45, 2.75) is 125 Å². The number of hydrogen-bond donors (Lipinski definition) is 2. The zero-order valence-corrected chi connectivity index (χ0v) is 23.3. The van der Waals surface area contributed by atoms with Crippen LogP contribution >= 0.6 is 0 Å². The van der Waals surface area contributed by atoms with Gasteiger partial charge in [0.1, 0.15) is 0 Å². The third-order valence-corrected chi connectivity index (χ3v) is 7.41. The number of unbranched alkanes of at least 4 members (excludes halogenated alkanes) is 2. The molecule has 1 saturated carbocycles. The van der Waals surface area contributed by atoms with Crippen molar-refractivity contribution in [1.29, 1.82) is 0 Å². The number of rotatable bonds is 15. The maximum Gasteiger partial charge on any atom is 0.407 e. The normalized spacial score (nSPS) is 23.6. The lowest BCUT2D eigenvalue weighted by atomic mass is 9.62. The highest BCUT2D eigenvalue weighted by molar-refractivity contribution is 5.68. The van der Waals surface area contributed by atoms with E-state index in [0.717, 1.165) is 57.8 Å². The van der Waals surface area contributed by atoms with Crippen molar-refractivity contribution >= 4 is 12.2 Å². The molecule has 0 aromatic rings. The van der Waals surface area contributed by atoms with Crippen LogP contribution in [0, 0.1) is 22.7 Å². The molecule has 0 aromatic heterocycles. The van der Waals surface area contributed by atoms with E-state index in [0.29, 0.717) is 31.6 Å². The minimum Gasteiger partial charge on any atom is -0.449 e. The van der Waals surface area contributed by atoms with Gasteiger partial charge in [0.05, 0.1) is 13.2 Å². The van der Waals surface area contributed by atoms with Crippen molar-refractivity contribution in [3.05, 3.63) is 0 Å². The highest BCUT2D eigenvalue weighted by Gasteiger charge is 2.42. The number of hydrogen-bond acceptors (Lipinski definition) is 4. The monoisotopic (exact) mass is 482 g/mol. The summed E-state index contributed by atoms with van der Waals surface area (Å²) in [4.78, 5) is 24.9. The van der Waals surface area contributed by atoms with Gasteiger partial charge in [0.15, 0.2) is 0 Å². The molecule has 1 aliphatic carbocycles. The van der Waals surface area contributed by atoms with Crippen LogP contribution in [0.3, 0.4) is 0 Å². The Bertz CT molecular complexity index is 595. The molecule has 4 atom stereocenters. The second-order valence-electron chi connectivity index (χ2n) is 11.8. The number of alkyl carbamates (subject to hydrolysis) is 2. The summed E-state index contributed by atoms with van der Waals surface area (Å²) < 4.78 is 11.1. The van der Waals surface area contributed by atoms with Crippen LogP contribution in [-0.2, 0) is 9.47 Å². The van der Waals surface area contributed by atoms with Gasteiger partial charge in [-0.25, -0.2) is 9.59 Å². The Morgan fingerprint density at radius 3 is 1.88 bits per heavy atom. The van der Waals surface area contributed by atoms with Crippen molar-refractivity contribution in [2.75, 3.05) is 19.8 Å². The van der Waals surface area contributed by atoms with Crippen LogP contribution < -0.4 is 10.6 Å². The molecule has 2 amide bonds. The fourth-order valence-corrected chi connectivity index (χ4v) is 5.60. The Kier molecular flexibility index (Phi) is 14.0. The second-order valence-corrected chi connectivity index (χ2v) is 11.8. The molecule has 0 aliphatic heterocycles. The maximum absolute atomic E-state index is 12.5. The molecular formula is C28H54N2O4. The lowest BCUT2D eigenvalue weighted by Crippen LogP contribution is -2.50. The SMILES string of the molecule is CCCCC(CC)COC(=O)NCC1(C)CC(NC(=O)OCC(CC)CCCC)CC(C)(C)C1. The number of ether oxygens (including phenoxy) is 2. The lowest BCUT2D eigenvalue weighted by Gasteiger charge is -2.46. The van der Waals surface area contributed by atoms with E-state index in [1.807, 2.05) is 0 Å². The summed E-state index contributed by atoms with van der Waals surface area (Å²) in [5.74, 6) is 0.868. The van der Waals surface area contributed by atoms with Gasteiger partial charge in [0, 0.05) is 12.6 Å². The van der Waals surface area contributed by atoms with Gasteiger partial charge >= 0.3 is 12.2 Å². The lowest BCUT2D eigenvalue weighted by molar-refractivity contribution is 0.0585. The largest absolute Gasteiger partial charge is 0.449 e. The molecule has 1 rings (SSSR count). The van der Waals surface area contributed by atoms with Crippen LogP contribution in [-0.4, -0.2) is 38.0 Å². The zero-order valence-electron chi connectivity index (χ0n) is 23.3. The van der Waals surface area contributed by atoms with Crippen LogP contribution in [0.25, 0.3) is 0 Å². The summed E-state index contributed by atoms with van der Waals surface area (Å²) in [6, 6.07) is 0.0355. The minimum atomic E-state index is -0.332. The van der Waals surface area contributed by atoms with E-state index >= 15 is 0 Å². The number of carbonyl (C=O) groups excluding carboxylic acids is 2. The fourth-order valence-electron chi connectivity index (χ4n) is 5.60. The first-order valence-corrected chi connectivity index (χ1v) is 13.9. The number of carbonyl (C=O) groups is 2. The highest BCUT2D eigenvalue weighted by atomic mass is 16.6. The van der Waals surface area contributed by atoms with Gasteiger partial charge in [-0.3, -0.25) is 0 Å². The molecule has 0 radical (unpaired) electrons. The van der Waals surface area contributed by atoms with Gasteiger partial charge in [0.2, 0.25) is 0 Å². The predicted molar refractivity (Wildman–Crippen MR) is 140 cm³/mol. The molecule has 4 unspecified atom stereocenters. The van der Waals surface area contributed by atoms with E-state index in [4.69, 9.17) is 9.47 Å². The molecule has 34 heavy (non-hydrogen) atoms. The van der Waals surface area contributed by atoms with Crippen molar-refractivity contribution in [1.82, 2.24) is 10.6 Å². The standard InChI is InChI=1S/C28H54N2O4/c1-8-12-14-22(10-3)18-33-25(31)29-21-28(7)17-24(16-27(5,6)20-28)30-26(32)34-19-23(11-4)15-13-9-2/h22-24H,8-21H2,1-7H3,(H,29,31)(H,30,32). The highest BCUT2D eigenvalue weighted by Crippen LogP contribution is 2.45. The third-order valence-electron chi connectivity index (χ3n) is 7.41. The summed E-state index contributed by atoms with van der Waals surface area (Å²) in [6.07, 6.45) is 11.0. The van der Waals surface area contributed by atoms with Crippen LogP contribution in [0.15, 0.2) is 0 Å². The van der Waals surface area contributed by atoms with E-state index in [1.165, 1.54) is 12.8 Å². The van der Waals surface area contributed by atoms with Gasteiger partial charge in [0.25, 0.3) is 0 Å². The molecule has 0 aromatic carbocycles. The molecule has 0 heterocycles. The Morgan fingerprint density at radius 1 is 0.853 bits per heavy atom. The van der Waals surface area contributed by atoms with Crippen LogP contribution in [0.1, 0.15) is 119 Å². The van der Waals surface area contributed by atoms with Gasteiger partial charge in [-0.1, -0.05) is 87.0 Å². The Labute approximate surface area is 209 Å². The average Bonchev–Trinajstić information content (AvgIpc) is 2.76. The second kappa shape index (κ2) is 15.5. The fraction of sp³-hybridized carbons (Fsp3) is 0.929. The van der Waals surface area contributed by atoms with E-state index in [2.05, 4.69) is 59.1 Å². The molecule has 1 fully saturated rings. The van der Waals surface area contributed by atoms with Gasteiger partial charge in [-0.05, 0) is 54.8 Å². The van der Waals surface area contributed by atoms with Crippen LogP contribution in [0.5, 0.6) is 0 Å². The summed E-state index contributed by atoms with van der Waals surface area (Å²) in [7, 11) is 0. The van der Waals surface area contributed by atoms with Crippen molar-refractivity contribution in [2.24, 2.45) is 22.7 Å². The van der Waals surface area contributed by atoms with Crippen molar-refractivity contribution in [3.8, 4) is 0 Å². The predicted octanol–water partition coefficient (Wildman–Crippen LogP) is 7.46. The molecular weight excluding hydrogens is 428 g/mol. The molecule has 2 N–H and O–H groups in total. The van der Waals surface area contributed by atoms with Crippen molar-refractivity contribution < 1.29 is 19.1 Å². The zero-order chi connectivity index (χ0) is 25.6. The molecule has 200 valence electrons. The van der Waals surface area contributed by atoms with Crippen LogP contribution in [0.2, 0.25) is 0 Å². The smallest absolute Gasteiger partial charge is 0.407 e. The molecule has 0 spiro atoms. The molecule has 0 saturated heterocycles. The molecule has 6 nitrogen and oxygen atoms in total. The third kappa shape index (κ3) is 12.3. The quantitative estimate of drug-likeness (QED) is 0.254. The topological polar surface area (TPSA) is 76.7 Å². The molecule has 0 bridgehead atoms. The molecule has 1 aliphatic rings. The summed E-state index contributed by atoms with van der Waals surface area (Å²) in [5.41, 5.74) is -0.0464. The average molecular weight is 483 g/mol. The molecule has 6 heteroatoms. The Morgan fingerprint density at radius 2 is 1.38 bits per heavy atom. The van der Waals surface area contributed by atoms with Gasteiger partial charge in [-0.2, -0.15) is 0 Å². The van der Waals surface area contributed by atoms with E-state index in [9.17, 15) is 9.59 Å². The number of amides is 2. The summed E-state index contributed by atoms with van der Waals surface area (Å²) in [6.45, 7) is 16.9. The Balaban J connectivity index is 2.54. The van der Waals surface area contributed by atoms with Crippen LogP contribution in [0.4, 0.5) is 9.59 Å². The first-order valence-electron chi connectivity index (χ1n) is 13.9. The van der Waals surface area contributed by atoms with E-state index < -0.39 is 0 Å². The summed E-state index contributed by atoms with van der Waals surface area (Å²) >= 11 is 0. The first kappa shape index (κ1) is 30.6. The summed E-state index contributed by atoms with van der Waals surface area (Å²) in [5, 5.41) is 6.12. The van der Waals surface area contributed by atoms with Gasteiger partial charge in [-0.15, -0.1) is 0 Å². The maximum atomic E-state index is 12.5. The van der Waals surface area contributed by atoms with Crippen molar-refractivity contribution in [3.63, 3.8) is 0 Å².